The summed E-state index contributed by atoms with van der Waals surface area (Å²) < 4.78 is 5.76. The summed E-state index contributed by atoms with van der Waals surface area (Å²) >= 11 is 0. The first-order chi connectivity index (χ1) is 11.7. The van der Waals surface area contributed by atoms with E-state index in [4.69, 9.17) is 4.74 Å². The predicted octanol–water partition coefficient (Wildman–Crippen LogP) is 1.57. The van der Waals surface area contributed by atoms with Crippen molar-refractivity contribution in [2.24, 2.45) is 0 Å². The minimum Gasteiger partial charge on any atom is -0.366 e. The maximum atomic E-state index is 12.7. The molecule has 2 aromatic rings. The van der Waals surface area contributed by atoms with Crippen molar-refractivity contribution in [2.45, 2.75) is 44.6 Å². The number of aromatic amines is 2. The Kier molecular flexibility index (Phi) is 4.05. The number of morpholine rings is 1. The molecule has 1 atom stereocenters. The standard InChI is InChI=1S/C16H22N6O2/c1-2-3-14-17-15(21-20-14)13-9-22(6-7-24-13)16(23)12-8-11(18-19-12)10-4-5-10/h8,10,13H,2-7,9H2,1H3,(H,18,19)(H,17,20,21). The number of hydrogen-bond donors (Lipinski definition) is 2. The molecule has 2 aliphatic rings. The van der Waals surface area contributed by atoms with Crippen LogP contribution >= 0.6 is 0 Å². The second-order valence-corrected chi connectivity index (χ2v) is 6.48. The van der Waals surface area contributed by atoms with Crippen LogP contribution in [0.1, 0.15) is 66.0 Å². The largest absolute Gasteiger partial charge is 0.366 e. The summed E-state index contributed by atoms with van der Waals surface area (Å²) in [5.74, 6) is 1.98. The summed E-state index contributed by atoms with van der Waals surface area (Å²) in [6.07, 6.45) is 3.94. The first-order valence-electron chi connectivity index (χ1n) is 8.62. The molecule has 2 fully saturated rings. The highest BCUT2D eigenvalue weighted by atomic mass is 16.5. The maximum absolute atomic E-state index is 12.7. The summed E-state index contributed by atoms with van der Waals surface area (Å²) in [6, 6.07) is 1.89. The lowest BCUT2D eigenvalue weighted by molar-refractivity contribution is -0.0268. The minimum absolute atomic E-state index is 0.0595. The lowest BCUT2D eigenvalue weighted by Crippen LogP contribution is -2.42. The Morgan fingerprint density at radius 2 is 2.25 bits per heavy atom. The average Bonchev–Trinajstić information content (AvgIpc) is 3.15. The van der Waals surface area contributed by atoms with E-state index < -0.39 is 0 Å². The van der Waals surface area contributed by atoms with Crippen LogP contribution in [-0.4, -0.2) is 55.9 Å². The number of hydrogen-bond acceptors (Lipinski definition) is 5. The van der Waals surface area contributed by atoms with Crippen molar-refractivity contribution >= 4 is 5.91 Å². The lowest BCUT2D eigenvalue weighted by Gasteiger charge is -2.31. The number of carbonyl (C=O) groups is 1. The molecule has 128 valence electrons. The first kappa shape index (κ1) is 15.3. The number of nitrogens with one attached hydrogen (secondary N) is 2. The Morgan fingerprint density at radius 3 is 3.04 bits per heavy atom. The van der Waals surface area contributed by atoms with Crippen molar-refractivity contribution in [3.05, 3.63) is 29.1 Å². The van der Waals surface area contributed by atoms with Gasteiger partial charge in [-0.1, -0.05) is 6.92 Å². The summed E-state index contributed by atoms with van der Waals surface area (Å²) in [5, 5.41) is 14.4. The third kappa shape index (κ3) is 3.06. The van der Waals surface area contributed by atoms with Gasteiger partial charge in [0.25, 0.3) is 5.91 Å². The van der Waals surface area contributed by atoms with Gasteiger partial charge in [-0.15, -0.1) is 0 Å². The van der Waals surface area contributed by atoms with E-state index in [0.29, 0.717) is 37.1 Å². The van der Waals surface area contributed by atoms with E-state index in [9.17, 15) is 4.79 Å². The topological polar surface area (TPSA) is 99.8 Å². The number of aryl methyl sites for hydroxylation is 1. The molecule has 1 aliphatic carbocycles. The van der Waals surface area contributed by atoms with E-state index in [1.54, 1.807) is 4.90 Å². The van der Waals surface area contributed by atoms with Crippen LogP contribution < -0.4 is 0 Å². The van der Waals surface area contributed by atoms with Crippen LogP contribution in [0.25, 0.3) is 0 Å². The molecule has 8 heteroatoms. The maximum Gasteiger partial charge on any atom is 0.274 e. The molecule has 1 unspecified atom stereocenters. The zero-order valence-electron chi connectivity index (χ0n) is 13.8. The van der Waals surface area contributed by atoms with Gasteiger partial charge in [0.2, 0.25) is 0 Å². The number of aromatic nitrogens is 5. The van der Waals surface area contributed by atoms with E-state index in [2.05, 4.69) is 32.3 Å². The molecule has 0 bridgehead atoms. The van der Waals surface area contributed by atoms with Crippen LogP contribution in [0.2, 0.25) is 0 Å². The van der Waals surface area contributed by atoms with Crippen molar-refractivity contribution in [3.8, 4) is 0 Å². The van der Waals surface area contributed by atoms with Gasteiger partial charge in [0, 0.05) is 24.6 Å². The quantitative estimate of drug-likeness (QED) is 0.867. The Bertz CT molecular complexity index is 720. The van der Waals surface area contributed by atoms with Gasteiger partial charge < -0.3 is 9.64 Å². The molecule has 8 nitrogen and oxygen atoms in total. The van der Waals surface area contributed by atoms with Crippen molar-refractivity contribution < 1.29 is 9.53 Å². The Balaban J connectivity index is 1.44. The Morgan fingerprint density at radius 1 is 1.38 bits per heavy atom. The molecule has 0 aromatic carbocycles. The third-order valence-electron chi connectivity index (χ3n) is 4.51. The normalized spacial score (nSPS) is 21.2. The fourth-order valence-electron chi connectivity index (χ4n) is 3.00. The van der Waals surface area contributed by atoms with Gasteiger partial charge in [0.15, 0.2) is 5.82 Å². The smallest absolute Gasteiger partial charge is 0.274 e. The van der Waals surface area contributed by atoms with E-state index in [0.717, 1.165) is 24.4 Å². The highest BCUT2D eigenvalue weighted by molar-refractivity contribution is 5.92. The van der Waals surface area contributed by atoms with Gasteiger partial charge in [-0.25, -0.2) is 4.98 Å². The number of nitrogens with zero attached hydrogens (tertiary/aromatic N) is 4. The average molecular weight is 330 g/mol. The lowest BCUT2D eigenvalue weighted by atomic mass is 10.2. The van der Waals surface area contributed by atoms with Crippen molar-refractivity contribution in [3.63, 3.8) is 0 Å². The van der Waals surface area contributed by atoms with Crippen molar-refractivity contribution in [1.29, 1.82) is 0 Å². The molecular formula is C16H22N6O2. The van der Waals surface area contributed by atoms with E-state index >= 15 is 0 Å². The van der Waals surface area contributed by atoms with Gasteiger partial charge in [0.05, 0.1) is 13.2 Å². The number of rotatable bonds is 5. The monoisotopic (exact) mass is 330 g/mol. The number of carbonyl (C=O) groups excluding carboxylic acids is 1. The summed E-state index contributed by atoms with van der Waals surface area (Å²) in [6.45, 7) is 3.59. The molecule has 1 saturated heterocycles. The summed E-state index contributed by atoms with van der Waals surface area (Å²) in [7, 11) is 0. The Labute approximate surface area is 140 Å². The molecular weight excluding hydrogens is 308 g/mol. The molecule has 4 rings (SSSR count). The second-order valence-electron chi connectivity index (χ2n) is 6.48. The minimum atomic E-state index is -0.286. The molecule has 0 radical (unpaired) electrons. The molecule has 24 heavy (non-hydrogen) atoms. The number of H-pyrrole nitrogens is 2. The summed E-state index contributed by atoms with van der Waals surface area (Å²) in [4.78, 5) is 18.9. The second kappa shape index (κ2) is 6.35. The van der Waals surface area contributed by atoms with Crippen LogP contribution in [0.3, 0.4) is 0 Å². The summed E-state index contributed by atoms with van der Waals surface area (Å²) in [5.41, 5.74) is 1.56. The van der Waals surface area contributed by atoms with Crippen LogP contribution in [0.15, 0.2) is 6.07 Å². The van der Waals surface area contributed by atoms with Gasteiger partial charge in [-0.2, -0.15) is 10.2 Å². The predicted molar refractivity (Wildman–Crippen MR) is 85.5 cm³/mol. The highest BCUT2D eigenvalue weighted by Gasteiger charge is 2.31. The molecule has 1 saturated carbocycles. The molecule has 1 amide bonds. The first-order valence-corrected chi connectivity index (χ1v) is 8.62. The molecule has 1 aliphatic heterocycles. The zero-order valence-corrected chi connectivity index (χ0v) is 13.8. The molecule has 0 spiro atoms. The Hall–Kier alpha value is -2.22. The SMILES string of the molecule is CCCc1nc(C2CN(C(=O)c3cc(C4CC4)[nH]n3)CCO2)n[nH]1. The van der Waals surface area contributed by atoms with Gasteiger partial charge >= 0.3 is 0 Å². The highest BCUT2D eigenvalue weighted by Crippen LogP contribution is 2.39. The van der Waals surface area contributed by atoms with E-state index in [1.807, 2.05) is 6.07 Å². The number of amides is 1. The van der Waals surface area contributed by atoms with Gasteiger partial charge in [-0.05, 0) is 25.3 Å². The fourth-order valence-corrected chi connectivity index (χ4v) is 3.00. The van der Waals surface area contributed by atoms with Crippen LogP contribution in [-0.2, 0) is 11.2 Å². The molecule has 3 heterocycles. The van der Waals surface area contributed by atoms with Crippen LogP contribution in [0.4, 0.5) is 0 Å². The fraction of sp³-hybridized carbons (Fsp3) is 0.625. The van der Waals surface area contributed by atoms with Crippen molar-refractivity contribution in [1.82, 2.24) is 30.3 Å². The van der Waals surface area contributed by atoms with E-state index in [-0.39, 0.29) is 12.0 Å². The molecule has 2 aromatic heterocycles. The zero-order chi connectivity index (χ0) is 16.5. The van der Waals surface area contributed by atoms with Gasteiger partial charge in [0.1, 0.15) is 17.6 Å². The van der Waals surface area contributed by atoms with Crippen LogP contribution in [0.5, 0.6) is 0 Å². The van der Waals surface area contributed by atoms with Gasteiger partial charge in [-0.3, -0.25) is 15.0 Å². The molecule has 2 N–H and O–H groups in total. The van der Waals surface area contributed by atoms with Crippen molar-refractivity contribution in [2.75, 3.05) is 19.7 Å². The van der Waals surface area contributed by atoms with E-state index in [1.165, 1.54) is 12.8 Å². The van der Waals surface area contributed by atoms with Crippen LogP contribution in [0, 0.1) is 0 Å². The third-order valence-corrected chi connectivity index (χ3v) is 4.51. The number of ether oxygens (including phenoxy) is 1.